The fourth-order valence-corrected chi connectivity index (χ4v) is 2.61. The maximum absolute atomic E-state index is 12.4. The predicted octanol–water partition coefficient (Wildman–Crippen LogP) is -0.0806. The van der Waals surface area contributed by atoms with E-state index in [-0.39, 0.29) is 18.5 Å². The van der Waals surface area contributed by atoms with Gasteiger partial charge in [0.15, 0.2) is 0 Å². The first-order chi connectivity index (χ1) is 9.58. The van der Waals surface area contributed by atoms with E-state index in [1.807, 2.05) is 16.7 Å². The van der Waals surface area contributed by atoms with Crippen LogP contribution in [0.2, 0.25) is 0 Å². The van der Waals surface area contributed by atoms with Crippen molar-refractivity contribution >= 4 is 12.0 Å². The van der Waals surface area contributed by atoms with Crippen molar-refractivity contribution < 1.29 is 19.4 Å². The molecule has 2 aliphatic heterocycles. The molecule has 1 unspecified atom stereocenters. The molecular formula is C13H23N3O4. The molecule has 2 amide bonds. The summed E-state index contributed by atoms with van der Waals surface area (Å²) in [5, 5.41) is 8.67. The Morgan fingerprint density at radius 3 is 2.50 bits per heavy atom. The van der Waals surface area contributed by atoms with E-state index < -0.39 is 5.97 Å². The Morgan fingerprint density at radius 1 is 1.20 bits per heavy atom. The lowest BCUT2D eigenvalue weighted by molar-refractivity contribution is -0.137. The highest BCUT2D eigenvalue weighted by atomic mass is 16.5. The second-order valence-corrected chi connectivity index (χ2v) is 5.37. The summed E-state index contributed by atoms with van der Waals surface area (Å²) in [5.41, 5.74) is 0. The number of morpholine rings is 1. The average Bonchev–Trinajstić information content (AvgIpc) is 2.45. The van der Waals surface area contributed by atoms with E-state index in [0.717, 1.165) is 13.1 Å². The summed E-state index contributed by atoms with van der Waals surface area (Å²) in [7, 11) is 0. The third-order valence-corrected chi connectivity index (χ3v) is 3.90. The van der Waals surface area contributed by atoms with E-state index in [9.17, 15) is 9.59 Å². The van der Waals surface area contributed by atoms with E-state index in [4.69, 9.17) is 9.84 Å². The van der Waals surface area contributed by atoms with Crippen molar-refractivity contribution in [1.82, 2.24) is 14.7 Å². The van der Waals surface area contributed by atoms with Crippen molar-refractivity contribution in [3.8, 4) is 0 Å². The summed E-state index contributed by atoms with van der Waals surface area (Å²) in [5.74, 6) is -0.773. The van der Waals surface area contributed by atoms with Gasteiger partial charge >= 0.3 is 12.0 Å². The van der Waals surface area contributed by atoms with Gasteiger partial charge in [-0.25, -0.2) is 4.79 Å². The first-order valence-electron chi connectivity index (χ1n) is 7.15. The highest BCUT2D eigenvalue weighted by Gasteiger charge is 2.29. The molecule has 7 heteroatoms. The predicted molar refractivity (Wildman–Crippen MR) is 72.6 cm³/mol. The van der Waals surface area contributed by atoms with Gasteiger partial charge in [0.2, 0.25) is 0 Å². The number of amides is 2. The number of rotatable bonds is 3. The number of piperazine rings is 1. The van der Waals surface area contributed by atoms with Crippen LogP contribution in [0.5, 0.6) is 0 Å². The Kier molecular flexibility index (Phi) is 5.19. The van der Waals surface area contributed by atoms with Crippen LogP contribution >= 0.6 is 0 Å². The van der Waals surface area contributed by atoms with E-state index >= 15 is 0 Å². The minimum absolute atomic E-state index is 0.0821. The highest BCUT2D eigenvalue weighted by Crippen LogP contribution is 2.12. The second kappa shape index (κ2) is 6.90. The lowest BCUT2D eigenvalue weighted by Gasteiger charge is -2.40. The monoisotopic (exact) mass is 285 g/mol. The molecule has 0 bridgehead atoms. The largest absolute Gasteiger partial charge is 0.481 e. The molecule has 114 valence electrons. The Morgan fingerprint density at radius 2 is 1.90 bits per heavy atom. The Bertz CT molecular complexity index is 356. The molecule has 2 aliphatic rings. The SMILES string of the molecule is CC1COCCN1C(=O)N1CCN(CCC(=O)O)CC1. The van der Waals surface area contributed by atoms with E-state index in [1.54, 1.807) is 0 Å². The molecule has 0 saturated carbocycles. The van der Waals surface area contributed by atoms with Crippen LogP contribution in [-0.2, 0) is 9.53 Å². The number of nitrogens with zero attached hydrogens (tertiary/aromatic N) is 3. The molecule has 0 spiro atoms. The van der Waals surface area contributed by atoms with Gasteiger partial charge in [-0.2, -0.15) is 0 Å². The summed E-state index contributed by atoms with van der Waals surface area (Å²) in [4.78, 5) is 28.8. The number of carbonyl (C=O) groups is 2. The fourth-order valence-electron chi connectivity index (χ4n) is 2.61. The van der Waals surface area contributed by atoms with Crippen LogP contribution in [0.3, 0.4) is 0 Å². The molecule has 2 saturated heterocycles. The van der Waals surface area contributed by atoms with Gasteiger partial charge in [-0.3, -0.25) is 9.69 Å². The average molecular weight is 285 g/mol. The van der Waals surface area contributed by atoms with Crippen LogP contribution in [0.25, 0.3) is 0 Å². The summed E-state index contributed by atoms with van der Waals surface area (Å²) in [6.07, 6.45) is 0.161. The molecule has 0 radical (unpaired) electrons. The van der Waals surface area contributed by atoms with Gasteiger partial charge in [0.05, 0.1) is 25.7 Å². The van der Waals surface area contributed by atoms with Crippen LogP contribution < -0.4 is 0 Å². The van der Waals surface area contributed by atoms with Gasteiger partial charge in [-0.1, -0.05) is 0 Å². The normalized spacial score (nSPS) is 24.8. The Hall–Kier alpha value is -1.34. The Labute approximate surface area is 119 Å². The molecule has 20 heavy (non-hydrogen) atoms. The standard InChI is InChI=1S/C13H23N3O4/c1-11-10-20-9-8-16(11)13(19)15-6-4-14(5-7-15)3-2-12(17)18/h11H,2-10H2,1H3,(H,17,18). The van der Waals surface area contributed by atoms with Crippen molar-refractivity contribution in [1.29, 1.82) is 0 Å². The lowest BCUT2D eigenvalue weighted by atomic mass is 10.2. The number of aliphatic carboxylic acids is 1. The van der Waals surface area contributed by atoms with Gasteiger partial charge in [-0.05, 0) is 6.92 Å². The zero-order valence-electron chi connectivity index (χ0n) is 12.0. The number of urea groups is 1. The van der Waals surface area contributed by atoms with E-state index in [2.05, 4.69) is 4.90 Å². The molecule has 2 fully saturated rings. The molecule has 0 aromatic rings. The number of ether oxygens (including phenoxy) is 1. The van der Waals surface area contributed by atoms with E-state index in [1.165, 1.54) is 0 Å². The maximum Gasteiger partial charge on any atom is 0.320 e. The van der Waals surface area contributed by atoms with Crippen LogP contribution in [0.1, 0.15) is 13.3 Å². The van der Waals surface area contributed by atoms with Crippen LogP contribution in [-0.4, -0.2) is 90.3 Å². The third kappa shape index (κ3) is 3.83. The molecule has 1 N–H and O–H groups in total. The first-order valence-corrected chi connectivity index (χ1v) is 7.15. The molecule has 0 aliphatic carbocycles. The number of carbonyl (C=O) groups excluding carboxylic acids is 1. The number of carboxylic acid groups (broad SMARTS) is 1. The summed E-state index contributed by atoms with van der Waals surface area (Å²) in [6, 6.07) is 0.208. The number of hydrogen-bond acceptors (Lipinski definition) is 4. The molecule has 2 rings (SSSR count). The number of carboxylic acids is 1. The summed E-state index contributed by atoms with van der Waals surface area (Å²) in [6.45, 7) is 7.25. The van der Waals surface area contributed by atoms with E-state index in [0.29, 0.717) is 39.4 Å². The molecular weight excluding hydrogens is 262 g/mol. The quantitative estimate of drug-likeness (QED) is 0.785. The van der Waals surface area contributed by atoms with Crippen molar-refractivity contribution in [2.75, 3.05) is 52.5 Å². The molecule has 1 atom stereocenters. The molecule has 0 aromatic heterocycles. The van der Waals surface area contributed by atoms with Crippen molar-refractivity contribution in [3.05, 3.63) is 0 Å². The maximum atomic E-state index is 12.4. The van der Waals surface area contributed by atoms with Crippen LogP contribution in [0.4, 0.5) is 4.79 Å². The molecule has 7 nitrogen and oxygen atoms in total. The molecule has 0 aromatic carbocycles. The smallest absolute Gasteiger partial charge is 0.320 e. The third-order valence-electron chi connectivity index (χ3n) is 3.90. The van der Waals surface area contributed by atoms with Gasteiger partial charge in [-0.15, -0.1) is 0 Å². The Balaban J connectivity index is 1.78. The van der Waals surface area contributed by atoms with Gasteiger partial charge in [0.1, 0.15) is 0 Å². The van der Waals surface area contributed by atoms with Crippen LogP contribution in [0, 0.1) is 0 Å². The fraction of sp³-hybridized carbons (Fsp3) is 0.846. The summed E-state index contributed by atoms with van der Waals surface area (Å²) < 4.78 is 5.34. The minimum Gasteiger partial charge on any atom is -0.481 e. The highest BCUT2D eigenvalue weighted by molar-refractivity contribution is 5.75. The number of hydrogen-bond donors (Lipinski definition) is 1. The van der Waals surface area contributed by atoms with Crippen molar-refractivity contribution in [2.24, 2.45) is 0 Å². The van der Waals surface area contributed by atoms with Crippen molar-refractivity contribution in [2.45, 2.75) is 19.4 Å². The van der Waals surface area contributed by atoms with Crippen LogP contribution in [0.15, 0.2) is 0 Å². The van der Waals surface area contributed by atoms with Gasteiger partial charge < -0.3 is 19.6 Å². The minimum atomic E-state index is -0.773. The van der Waals surface area contributed by atoms with Gasteiger partial charge in [0.25, 0.3) is 0 Å². The second-order valence-electron chi connectivity index (χ2n) is 5.37. The zero-order valence-corrected chi connectivity index (χ0v) is 12.0. The van der Waals surface area contributed by atoms with Crippen molar-refractivity contribution in [3.63, 3.8) is 0 Å². The summed E-state index contributed by atoms with van der Waals surface area (Å²) >= 11 is 0. The zero-order chi connectivity index (χ0) is 14.5. The topological polar surface area (TPSA) is 73.3 Å². The van der Waals surface area contributed by atoms with Gasteiger partial charge in [0, 0.05) is 39.3 Å². The lowest BCUT2D eigenvalue weighted by Crippen LogP contribution is -2.57. The molecule has 2 heterocycles. The first kappa shape index (κ1) is 15.1.